The predicted molar refractivity (Wildman–Crippen MR) is 187 cm³/mol. The summed E-state index contributed by atoms with van der Waals surface area (Å²) >= 11 is 0. The number of nitrogens with zero attached hydrogens (tertiary/aromatic N) is 2. The average Bonchev–Trinajstić information content (AvgIpc) is 3.07. The maximum absolute atomic E-state index is 14.0. The van der Waals surface area contributed by atoms with Gasteiger partial charge in [0, 0.05) is 38.7 Å². The summed E-state index contributed by atoms with van der Waals surface area (Å²) in [5, 5.41) is 17.7. The lowest BCUT2D eigenvalue weighted by atomic mass is 9.82. The molecular weight excluding hydrogens is 608 g/mol. The molecule has 2 aliphatic heterocycles. The average molecular weight is 667 g/mol. The molecule has 10 atom stereocenters. The number of hydrogen-bond acceptors (Lipinski definition) is 7. The second-order valence-electron chi connectivity index (χ2n) is 14.1. The van der Waals surface area contributed by atoms with Gasteiger partial charge in [-0.3, -0.25) is 4.79 Å². The van der Waals surface area contributed by atoms with Crippen molar-refractivity contribution in [1.82, 2.24) is 20.4 Å². The number of ether oxygens (including phenoxy) is 3. The highest BCUT2D eigenvalue weighted by Crippen LogP contribution is 2.33. The molecule has 10 nitrogen and oxygen atoms in total. The summed E-state index contributed by atoms with van der Waals surface area (Å²) < 4.78 is 19.0. The third-order valence-electron chi connectivity index (χ3n) is 10.1. The Kier molecular flexibility index (Phi) is 14.3. The Hall–Kier alpha value is -3.02. The summed E-state index contributed by atoms with van der Waals surface area (Å²) in [5.41, 5.74) is 2.10. The van der Waals surface area contributed by atoms with Crippen molar-refractivity contribution >= 4 is 11.9 Å². The first-order valence-electron chi connectivity index (χ1n) is 17.6. The number of methoxy groups -OCH3 is 1. The third kappa shape index (κ3) is 10.2. The van der Waals surface area contributed by atoms with Crippen molar-refractivity contribution in [3.8, 4) is 0 Å². The fraction of sp³-hybridized carbons (Fsp3) is 0.632. The number of benzene rings is 2. The molecule has 3 N–H and O–H groups in total. The van der Waals surface area contributed by atoms with E-state index in [9.17, 15) is 14.7 Å². The van der Waals surface area contributed by atoms with Gasteiger partial charge in [-0.15, -0.1) is 0 Å². The zero-order valence-electron chi connectivity index (χ0n) is 29.9. The molecule has 10 heteroatoms. The van der Waals surface area contributed by atoms with Crippen LogP contribution in [0.5, 0.6) is 0 Å². The number of nitrogens with one attached hydrogen (secondary N) is 2. The normalized spacial score (nSPS) is 32.4. The van der Waals surface area contributed by atoms with Gasteiger partial charge in [0.25, 0.3) is 0 Å². The number of carbonyl (C=O) groups excluding carboxylic acids is 2. The highest BCUT2D eigenvalue weighted by molar-refractivity contribution is 5.79. The first kappa shape index (κ1) is 37.8. The zero-order chi connectivity index (χ0) is 34.8. The first-order chi connectivity index (χ1) is 23.0. The number of aliphatic hydroxyl groups excluding tert-OH is 1. The fourth-order valence-corrected chi connectivity index (χ4v) is 7.38. The minimum Gasteiger partial charge on any atom is -0.386 e. The molecule has 4 rings (SSSR count). The van der Waals surface area contributed by atoms with Gasteiger partial charge in [0.2, 0.25) is 5.91 Å². The van der Waals surface area contributed by atoms with E-state index in [2.05, 4.69) is 24.5 Å². The van der Waals surface area contributed by atoms with E-state index in [4.69, 9.17) is 14.2 Å². The topological polar surface area (TPSA) is 113 Å². The Morgan fingerprint density at radius 2 is 1.67 bits per heavy atom. The van der Waals surface area contributed by atoms with Crippen LogP contribution in [-0.2, 0) is 32.0 Å². The molecule has 266 valence electrons. The lowest BCUT2D eigenvalue weighted by Gasteiger charge is -2.44. The van der Waals surface area contributed by atoms with Crippen LogP contribution in [0.2, 0.25) is 0 Å². The fourth-order valence-electron chi connectivity index (χ4n) is 7.38. The molecule has 2 saturated heterocycles. The molecule has 2 aromatic carbocycles. The van der Waals surface area contributed by atoms with Crippen molar-refractivity contribution in [3.05, 3.63) is 71.8 Å². The summed E-state index contributed by atoms with van der Waals surface area (Å²) in [5.74, 6) is -0.822. The Labute approximate surface area is 287 Å². The van der Waals surface area contributed by atoms with Crippen LogP contribution in [0.1, 0.15) is 58.1 Å². The number of likely N-dealkylation sites (N-methyl/N-ethyl adjacent to an activating group) is 1. The molecule has 2 aromatic rings. The van der Waals surface area contributed by atoms with E-state index in [1.54, 1.807) is 7.11 Å². The number of amides is 3. The van der Waals surface area contributed by atoms with Crippen molar-refractivity contribution in [2.24, 2.45) is 17.8 Å². The summed E-state index contributed by atoms with van der Waals surface area (Å²) in [6.45, 7) is 9.38. The minimum atomic E-state index is -0.829. The highest BCUT2D eigenvalue weighted by Gasteiger charge is 2.43. The van der Waals surface area contributed by atoms with Crippen molar-refractivity contribution in [3.63, 3.8) is 0 Å². The molecule has 0 saturated carbocycles. The molecule has 2 aliphatic rings. The molecule has 48 heavy (non-hydrogen) atoms. The van der Waals surface area contributed by atoms with E-state index in [1.165, 1.54) is 0 Å². The predicted octanol–water partition coefficient (Wildman–Crippen LogP) is 4.45. The van der Waals surface area contributed by atoms with E-state index in [0.717, 1.165) is 24.0 Å². The van der Waals surface area contributed by atoms with Crippen molar-refractivity contribution in [2.75, 3.05) is 34.3 Å². The maximum atomic E-state index is 14.0. The molecule has 0 aromatic heterocycles. The summed E-state index contributed by atoms with van der Waals surface area (Å²) in [6, 6.07) is 19.3. The van der Waals surface area contributed by atoms with Gasteiger partial charge in [-0.25, -0.2) is 4.79 Å². The summed E-state index contributed by atoms with van der Waals surface area (Å²) in [7, 11) is 5.56. The van der Waals surface area contributed by atoms with Crippen LogP contribution in [0, 0.1) is 17.8 Å². The van der Waals surface area contributed by atoms with Gasteiger partial charge in [-0.1, -0.05) is 81.4 Å². The second-order valence-corrected chi connectivity index (χ2v) is 14.1. The number of aliphatic hydroxyl groups is 1. The SMILES string of the molecule is CO[C@H]1[C@H](C)[C@@H](OC2O[C@H](C)C[C@H](N(C)C)[C@H]2O)C(C)CCCN(C(=O)NCc2ccccc2)CC(Cc2ccccc2)NC(=O)[C@@H]1C. The summed E-state index contributed by atoms with van der Waals surface area (Å²) in [6.07, 6.45) is 0.224. The third-order valence-corrected chi connectivity index (χ3v) is 10.1. The molecule has 0 bridgehead atoms. The molecule has 2 heterocycles. The Balaban J connectivity index is 1.61. The van der Waals surface area contributed by atoms with E-state index < -0.39 is 24.4 Å². The monoisotopic (exact) mass is 666 g/mol. The van der Waals surface area contributed by atoms with Gasteiger partial charge >= 0.3 is 6.03 Å². The molecule has 0 spiro atoms. The van der Waals surface area contributed by atoms with Crippen LogP contribution in [0.25, 0.3) is 0 Å². The number of rotatable bonds is 8. The smallest absolute Gasteiger partial charge is 0.317 e. The zero-order valence-corrected chi connectivity index (χ0v) is 29.9. The van der Waals surface area contributed by atoms with Crippen molar-refractivity contribution < 1.29 is 28.9 Å². The van der Waals surface area contributed by atoms with E-state index >= 15 is 0 Å². The van der Waals surface area contributed by atoms with Crippen LogP contribution < -0.4 is 10.6 Å². The molecule has 3 unspecified atom stereocenters. The van der Waals surface area contributed by atoms with Crippen LogP contribution in [0.3, 0.4) is 0 Å². The number of carbonyl (C=O) groups is 2. The first-order valence-corrected chi connectivity index (χ1v) is 17.6. The van der Waals surface area contributed by atoms with Crippen LogP contribution >= 0.6 is 0 Å². The van der Waals surface area contributed by atoms with Gasteiger partial charge in [0.05, 0.1) is 30.3 Å². The minimum absolute atomic E-state index is 0.0221. The molecule has 0 aliphatic carbocycles. The summed E-state index contributed by atoms with van der Waals surface area (Å²) in [4.78, 5) is 31.6. The standard InChI is InChI=1S/C38H58N4O6/c1-25-15-14-20-42(38(45)39-23-30-18-12-9-13-19-30)24-31(22-29-16-10-8-11-17-29)40-36(44)28(4)35(46-7)27(3)34(25)48-37-33(43)32(41(5)6)21-26(2)47-37/h8-13,16-19,25-28,31-35,37,43H,14-15,20-24H2,1-7H3,(H,39,45)(H,40,44)/t25?,26-,27-,28-,31?,32+,33-,34+,35+,37?/m1/s1. The van der Waals surface area contributed by atoms with Crippen molar-refractivity contribution in [1.29, 1.82) is 0 Å². The quantitative estimate of drug-likeness (QED) is 0.382. The van der Waals surface area contributed by atoms with Crippen LogP contribution in [0.4, 0.5) is 4.79 Å². The van der Waals surface area contributed by atoms with E-state index in [-0.39, 0.29) is 48.1 Å². The molecule has 3 amide bonds. The number of urea groups is 1. The Bertz CT molecular complexity index is 1270. The van der Waals surface area contributed by atoms with Gasteiger partial charge in [0.1, 0.15) is 6.10 Å². The molecule has 2 fully saturated rings. The van der Waals surface area contributed by atoms with Crippen molar-refractivity contribution in [2.45, 2.75) is 103 Å². The van der Waals surface area contributed by atoms with Crippen LogP contribution in [0.15, 0.2) is 60.7 Å². The van der Waals surface area contributed by atoms with E-state index in [0.29, 0.717) is 32.5 Å². The molecular formula is C38H58N4O6. The van der Waals surface area contributed by atoms with Gasteiger partial charge in [-0.05, 0) is 63.7 Å². The Morgan fingerprint density at radius 3 is 2.29 bits per heavy atom. The van der Waals surface area contributed by atoms with E-state index in [1.807, 2.05) is 98.4 Å². The largest absolute Gasteiger partial charge is 0.386 e. The van der Waals surface area contributed by atoms with Gasteiger partial charge < -0.3 is 39.8 Å². The van der Waals surface area contributed by atoms with Gasteiger partial charge in [0.15, 0.2) is 6.29 Å². The lowest BCUT2D eigenvalue weighted by Crippen LogP contribution is -2.56. The highest BCUT2D eigenvalue weighted by atomic mass is 16.7. The Morgan fingerprint density at radius 1 is 1.02 bits per heavy atom. The second kappa shape index (κ2) is 18.1. The maximum Gasteiger partial charge on any atom is 0.317 e. The van der Waals surface area contributed by atoms with Crippen LogP contribution in [-0.4, -0.2) is 104 Å². The number of hydrogen-bond donors (Lipinski definition) is 3. The van der Waals surface area contributed by atoms with Gasteiger partial charge in [-0.2, -0.15) is 0 Å². The lowest BCUT2D eigenvalue weighted by molar-refractivity contribution is -0.283. The molecule has 0 radical (unpaired) electrons.